The molecule has 2 aliphatic rings. The Hall–Kier alpha value is 0.501. The van der Waals surface area contributed by atoms with Crippen LogP contribution in [0.15, 0.2) is 36.4 Å². The van der Waals surface area contributed by atoms with Crippen LogP contribution in [0.25, 0.3) is 0 Å². The second-order valence-corrected chi connectivity index (χ2v) is 13.3. The first-order valence-electron chi connectivity index (χ1n) is 10.2. The fourth-order valence-electron chi connectivity index (χ4n) is 6.10. The van der Waals surface area contributed by atoms with Crippen molar-refractivity contribution in [2.45, 2.75) is 65.6 Å². The van der Waals surface area contributed by atoms with Crippen molar-refractivity contribution in [3.05, 3.63) is 59.5 Å². The first kappa shape index (κ1) is 31.7. The van der Waals surface area contributed by atoms with Gasteiger partial charge in [0.1, 0.15) is 0 Å². The molecular formula is C24H35Cl3SiTi. The summed E-state index contributed by atoms with van der Waals surface area (Å²) < 4.78 is 0. The summed E-state index contributed by atoms with van der Waals surface area (Å²) in [7, 11) is -1.61. The van der Waals surface area contributed by atoms with Crippen LogP contribution >= 0.6 is 0 Å². The number of halogens is 3. The molecule has 29 heavy (non-hydrogen) atoms. The first-order valence-corrected chi connectivity index (χ1v) is 12.9. The fraction of sp³-hybridized carbons (Fsp3) is 0.542. The minimum atomic E-state index is -1.61. The number of allylic oxidation sites excluding steroid dienone is 4. The van der Waals surface area contributed by atoms with E-state index in [4.69, 9.17) is 0 Å². The molecule has 5 atom stereocenters. The SMILES string of the molecule is CCCC[Si](C)(c1c(C)cc(C)cc1C)C1C(C)[CH-]C2C=CC=CC21.[Cl-].[Cl-].[Cl-].[Ti+4]. The van der Waals surface area contributed by atoms with Crippen molar-refractivity contribution in [1.29, 1.82) is 0 Å². The van der Waals surface area contributed by atoms with Gasteiger partial charge in [-0.05, 0) is 26.7 Å². The Bertz CT molecular complexity index is 680. The summed E-state index contributed by atoms with van der Waals surface area (Å²) >= 11 is 0. The zero-order valence-electron chi connectivity index (χ0n) is 18.6. The molecule has 1 aromatic rings. The van der Waals surface area contributed by atoms with Gasteiger partial charge in [-0.15, -0.1) is 12.0 Å². The molecule has 0 heterocycles. The van der Waals surface area contributed by atoms with Gasteiger partial charge in [0.05, 0.1) is 8.07 Å². The predicted molar refractivity (Wildman–Crippen MR) is 114 cm³/mol. The number of hydrogen-bond acceptors (Lipinski definition) is 0. The number of unbranched alkanes of at least 4 members (excludes halogenated alkanes) is 1. The van der Waals surface area contributed by atoms with Crippen molar-refractivity contribution in [3.63, 3.8) is 0 Å². The molecule has 1 saturated carbocycles. The number of aryl methyl sites for hydroxylation is 3. The molecule has 160 valence electrons. The summed E-state index contributed by atoms with van der Waals surface area (Å²) in [5, 5.41) is 1.76. The summed E-state index contributed by atoms with van der Waals surface area (Å²) in [4.78, 5) is 0. The molecule has 0 spiro atoms. The number of benzene rings is 1. The van der Waals surface area contributed by atoms with Gasteiger partial charge in [0.2, 0.25) is 0 Å². The average molecular weight is 506 g/mol. The second-order valence-electron chi connectivity index (χ2n) is 8.80. The molecule has 0 aliphatic heterocycles. The van der Waals surface area contributed by atoms with Gasteiger partial charge in [0, 0.05) is 0 Å². The Morgan fingerprint density at radius 1 is 0.966 bits per heavy atom. The number of fused-ring (bicyclic) bond motifs is 1. The first-order chi connectivity index (χ1) is 11.9. The molecule has 0 nitrogen and oxygen atoms in total. The van der Waals surface area contributed by atoms with Crippen LogP contribution in [0.5, 0.6) is 0 Å². The maximum atomic E-state index is 2.71. The summed E-state index contributed by atoms with van der Waals surface area (Å²) in [5.41, 5.74) is 5.34. The van der Waals surface area contributed by atoms with Gasteiger partial charge in [0.25, 0.3) is 0 Å². The van der Waals surface area contributed by atoms with E-state index in [9.17, 15) is 0 Å². The van der Waals surface area contributed by atoms with E-state index in [1.807, 2.05) is 0 Å². The predicted octanol–water partition coefficient (Wildman–Crippen LogP) is -2.71. The van der Waals surface area contributed by atoms with Gasteiger partial charge in [-0.25, -0.2) is 0 Å². The maximum absolute atomic E-state index is 2.71. The zero-order chi connectivity index (χ0) is 18.2. The van der Waals surface area contributed by atoms with Crippen LogP contribution in [0.4, 0.5) is 0 Å². The molecule has 2 aliphatic carbocycles. The molecule has 5 heteroatoms. The summed E-state index contributed by atoms with van der Waals surface area (Å²) in [6.45, 7) is 14.5. The van der Waals surface area contributed by atoms with E-state index in [0.29, 0.717) is 11.8 Å². The smallest absolute Gasteiger partial charge is 1.00 e. The van der Waals surface area contributed by atoms with Crippen LogP contribution in [-0.2, 0) is 21.7 Å². The standard InChI is InChI=1S/C24H35Si.3ClH.Ti/c1-7-8-13-25(6,23-18(3)14-17(2)15-19(23)4)24-20(5)16-21-11-9-10-12-22(21)24;;;;/h9-12,14-16,20-22,24H,7-8,13H2,1-6H3;3*1H;/q-1;;;;+4/p-3. The molecule has 5 unspecified atom stereocenters. The normalized spacial score (nSPS) is 26.1. The van der Waals surface area contributed by atoms with Gasteiger partial charge >= 0.3 is 21.7 Å². The molecule has 0 aromatic heterocycles. The minimum absolute atomic E-state index is 0. The fourth-order valence-corrected chi connectivity index (χ4v) is 12.5. The van der Waals surface area contributed by atoms with Gasteiger partial charge in [-0.3, -0.25) is 0 Å². The third-order valence-electron chi connectivity index (χ3n) is 6.76. The Labute approximate surface area is 213 Å². The quantitative estimate of drug-likeness (QED) is 0.302. The van der Waals surface area contributed by atoms with Crippen LogP contribution < -0.4 is 42.4 Å². The molecule has 1 aromatic carbocycles. The number of rotatable bonds is 5. The molecule has 0 saturated heterocycles. The van der Waals surface area contributed by atoms with E-state index < -0.39 is 8.07 Å². The second kappa shape index (κ2) is 13.1. The average Bonchev–Trinajstić information content (AvgIpc) is 2.88. The monoisotopic (exact) mass is 504 g/mol. The maximum Gasteiger partial charge on any atom is 4.00 e. The molecule has 1 fully saturated rings. The van der Waals surface area contributed by atoms with Gasteiger partial charge in [-0.1, -0.05) is 97.1 Å². The van der Waals surface area contributed by atoms with E-state index in [1.165, 1.54) is 24.4 Å². The molecule has 0 N–H and O–H groups in total. The van der Waals surface area contributed by atoms with Gasteiger partial charge in [-0.2, -0.15) is 5.92 Å². The molecular weight excluding hydrogens is 471 g/mol. The van der Waals surface area contributed by atoms with Crippen LogP contribution in [0.1, 0.15) is 43.4 Å². The van der Waals surface area contributed by atoms with E-state index in [2.05, 4.69) is 84.0 Å². The van der Waals surface area contributed by atoms with Crippen molar-refractivity contribution in [2.75, 3.05) is 0 Å². The summed E-state index contributed by atoms with van der Waals surface area (Å²) in [5.74, 6) is 2.09. The van der Waals surface area contributed by atoms with E-state index >= 15 is 0 Å². The van der Waals surface area contributed by atoms with Gasteiger partial charge in [0.15, 0.2) is 0 Å². The van der Waals surface area contributed by atoms with Crippen molar-refractivity contribution in [3.8, 4) is 0 Å². The van der Waals surface area contributed by atoms with E-state index in [-0.39, 0.29) is 58.9 Å². The van der Waals surface area contributed by atoms with E-state index in [0.717, 1.165) is 11.5 Å². The van der Waals surface area contributed by atoms with Crippen molar-refractivity contribution in [2.24, 2.45) is 17.8 Å². The Morgan fingerprint density at radius 3 is 2.07 bits per heavy atom. The van der Waals surface area contributed by atoms with Crippen molar-refractivity contribution in [1.82, 2.24) is 0 Å². The number of hydrogen-bond donors (Lipinski definition) is 0. The van der Waals surface area contributed by atoms with Gasteiger partial charge < -0.3 is 43.6 Å². The Morgan fingerprint density at radius 2 is 1.52 bits per heavy atom. The molecule has 0 amide bonds. The van der Waals surface area contributed by atoms with Crippen LogP contribution in [-0.4, -0.2) is 8.07 Å². The summed E-state index contributed by atoms with van der Waals surface area (Å²) in [6.07, 6.45) is 14.8. The van der Waals surface area contributed by atoms with Crippen molar-refractivity contribution >= 4 is 13.3 Å². The zero-order valence-corrected chi connectivity index (χ0v) is 23.4. The third kappa shape index (κ3) is 6.27. The topological polar surface area (TPSA) is 0 Å². The Balaban J connectivity index is 0. The van der Waals surface area contributed by atoms with Crippen LogP contribution in [0.3, 0.4) is 0 Å². The largest absolute Gasteiger partial charge is 4.00 e. The van der Waals surface area contributed by atoms with E-state index in [1.54, 1.807) is 16.3 Å². The third-order valence-corrected chi connectivity index (χ3v) is 12.5. The van der Waals surface area contributed by atoms with Crippen LogP contribution in [0, 0.1) is 44.9 Å². The summed E-state index contributed by atoms with van der Waals surface area (Å²) in [6, 6.07) is 6.28. The molecule has 0 radical (unpaired) electrons. The molecule has 0 bridgehead atoms. The van der Waals surface area contributed by atoms with Crippen molar-refractivity contribution < 1.29 is 58.9 Å². The van der Waals surface area contributed by atoms with Crippen LogP contribution in [0.2, 0.25) is 18.1 Å². The molecule has 3 rings (SSSR count). The Kier molecular flexibility index (Phi) is 14.4. The minimum Gasteiger partial charge on any atom is -1.00 e.